The van der Waals surface area contributed by atoms with Gasteiger partial charge < -0.3 is 10.1 Å². The molecule has 2 rings (SSSR count). The first-order valence-electron chi connectivity index (χ1n) is 8.05. The highest BCUT2D eigenvalue weighted by atomic mass is 32.2. The predicted molar refractivity (Wildman–Crippen MR) is 93.2 cm³/mol. The molecular weight excluding hydrogens is 278 g/mol. The Morgan fingerprint density at radius 2 is 2.05 bits per heavy atom. The lowest BCUT2D eigenvalue weighted by Crippen LogP contribution is -2.58. The first-order chi connectivity index (χ1) is 9.95. The van der Waals surface area contributed by atoms with Crippen molar-refractivity contribution in [3.63, 3.8) is 0 Å². The van der Waals surface area contributed by atoms with Crippen LogP contribution in [0.5, 0.6) is 0 Å². The molecule has 2 nitrogen and oxygen atoms in total. The lowest BCUT2D eigenvalue weighted by molar-refractivity contribution is -0.108. The molecule has 2 atom stereocenters. The third-order valence-electron chi connectivity index (χ3n) is 4.33. The lowest BCUT2D eigenvalue weighted by atomic mass is 9.64. The van der Waals surface area contributed by atoms with Crippen LogP contribution in [0.15, 0.2) is 29.2 Å². The second kappa shape index (κ2) is 7.06. The van der Waals surface area contributed by atoms with Crippen molar-refractivity contribution in [3.8, 4) is 0 Å². The van der Waals surface area contributed by atoms with Gasteiger partial charge in [-0.2, -0.15) is 0 Å². The summed E-state index contributed by atoms with van der Waals surface area (Å²) in [5, 5.41) is 3.74. The summed E-state index contributed by atoms with van der Waals surface area (Å²) in [6, 6.07) is 9.11. The van der Waals surface area contributed by atoms with Gasteiger partial charge in [0, 0.05) is 28.6 Å². The van der Waals surface area contributed by atoms with Crippen molar-refractivity contribution in [3.05, 3.63) is 24.3 Å². The normalized spacial score (nSPS) is 23.9. The maximum absolute atomic E-state index is 6.06. The Balaban J connectivity index is 1.96. The average molecular weight is 308 g/mol. The van der Waals surface area contributed by atoms with Crippen molar-refractivity contribution < 1.29 is 4.74 Å². The van der Waals surface area contributed by atoms with E-state index in [9.17, 15) is 0 Å². The van der Waals surface area contributed by atoms with Crippen LogP contribution in [0.2, 0.25) is 0 Å². The highest BCUT2D eigenvalue weighted by Gasteiger charge is 2.49. The van der Waals surface area contributed by atoms with Crippen molar-refractivity contribution in [1.29, 1.82) is 0 Å². The summed E-state index contributed by atoms with van der Waals surface area (Å²) < 4.78 is 6.06. The largest absolute Gasteiger partial charge is 0.381 e. The number of nitrogens with one attached hydrogen (secondary N) is 1. The molecule has 0 bridgehead atoms. The van der Waals surface area contributed by atoms with E-state index in [-0.39, 0.29) is 5.41 Å². The Labute approximate surface area is 134 Å². The Hall–Kier alpha value is -0.670. The smallest absolute Gasteiger partial charge is 0.0665 e. The summed E-state index contributed by atoms with van der Waals surface area (Å²) in [5.74, 6) is 1.71. The van der Waals surface area contributed by atoms with Crippen LogP contribution in [0.3, 0.4) is 0 Å². The molecule has 0 amide bonds. The van der Waals surface area contributed by atoms with Crippen molar-refractivity contribution in [1.82, 2.24) is 0 Å². The zero-order valence-corrected chi connectivity index (χ0v) is 14.8. The zero-order valence-electron chi connectivity index (χ0n) is 14.0. The number of anilines is 1. The maximum atomic E-state index is 6.06. The van der Waals surface area contributed by atoms with Gasteiger partial charge in [-0.25, -0.2) is 0 Å². The molecule has 1 aliphatic rings. The molecule has 1 saturated carbocycles. The van der Waals surface area contributed by atoms with Gasteiger partial charge in [0.25, 0.3) is 0 Å². The highest BCUT2D eigenvalue weighted by molar-refractivity contribution is 7.99. The van der Waals surface area contributed by atoms with Gasteiger partial charge in [0.1, 0.15) is 0 Å². The van der Waals surface area contributed by atoms with Gasteiger partial charge in [0.15, 0.2) is 0 Å². The summed E-state index contributed by atoms with van der Waals surface area (Å²) in [6.45, 7) is 12.1. The van der Waals surface area contributed by atoms with Crippen molar-refractivity contribution >= 4 is 17.4 Å². The number of thioether (sulfide) groups is 1. The number of rotatable bonds is 7. The molecule has 1 fully saturated rings. The molecule has 0 radical (unpaired) electrons. The second-order valence-corrected chi connectivity index (χ2v) is 8.20. The minimum absolute atomic E-state index is 0.193. The van der Waals surface area contributed by atoms with E-state index in [2.05, 4.69) is 64.2 Å². The molecule has 2 unspecified atom stereocenters. The van der Waals surface area contributed by atoms with Gasteiger partial charge in [-0.05, 0) is 30.2 Å². The fourth-order valence-corrected chi connectivity index (χ4v) is 3.55. The molecule has 1 N–H and O–H groups in total. The SMILES string of the molecule is CCSc1ccccc1NC1CC(OCC(C)C)C1(C)C. The summed E-state index contributed by atoms with van der Waals surface area (Å²) in [5.41, 5.74) is 1.46. The third kappa shape index (κ3) is 3.95. The van der Waals surface area contributed by atoms with Crippen LogP contribution < -0.4 is 5.32 Å². The van der Waals surface area contributed by atoms with Gasteiger partial charge in [-0.3, -0.25) is 0 Å². The number of ether oxygens (including phenoxy) is 1. The fourth-order valence-electron chi connectivity index (χ4n) is 2.78. The molecule has 0 heterocycles. The van der Waals surface area contributed by atoms with E-state index in [0.29, 0.717) is 18.1 Å². The summed E-state index contributed by atoms with van der Waals surface area (Å²) >= 11 is 1.90. The molecule has 3 heteroatoms. The van der Waals surface area contributed by atoms with Crippen LogP contribution in [-0.2, 0) is 4.74 Å². The molecule has 0 spiro atoms. The van der Waals surface area contributed by atoms with E-state index < -0.39 is 0 Å². The van der Waals surface area contributed by atoms with Crippen molar-refractivity contribution in [2.75, 3.05) is 17.7 Å². The van der Waals surface area contributed by atoms with E-state index in [1.54, 1.807) is 0 Å². The van der Waals surface area contributed by atoms with Crippen LogP contribution in [0.1, 0.15) is 41.0 Å². The van der Waals surface area contributed by atoms with E-state index in [1.165, 1.54) is 10.6 Å². The maximum Gasteiger partial charge on any atom is 0.0665 e. The van der Waals surface area contributed by atoms with E-state index in [0.717, 1.165) is 18.8 Å². The molecule has 0 aromatic heterocycles. The summed E-state index contributed by atoms with van der Waals surface area (Å²) in [4.78, 5) is 1.35. The second-order valence-electron chi connectivity index (χ2n) is 6.90. The Kier molecular flexibility index (Phi) is 5.61. The minimum Gasteiger partial charge on any atom is -0.381 e. The number of para-hydroxylation sites is 1. The number of hydrogen-bond acceptors (Lipinski definition) is 3. The zero-order chi connectivity index (χ0) is 15.5. The molecule has 118 valence electrons. The molecule has 1 aromatic rings. The fraction of sp³-hybridized carbons (Fsp3) is 0.667. The molecular formula is C18H29NOS. The summed E-state index contributed by atoms with van der Waals surface area (Å²) in [7, 11) is 0. The van der Waals surface area contributed by atoms with Crippen LogP contribution in [0, 0.1) is 11.3 Å². The Bertz CT molecular complexity index is 458. The van der Waals surface area contributed by atoms with Crippen LogP contribution in [-0.4, -0.2) is 24.5 Å². The van der Waals surface area contributed by atoms with Crippen LogP contribution in [0.4, 0.5) is 5.69 Å². The molecule has 1 aliphatic carbocycles. The van der Waals surface area contributed by atoms with Crippen LogP contribution in [0.25, 0.3) is 0 Å². The molecule has 1 aromatic carbocycles. The minimum atomic E-state index is 0.193. The summed E-state index contributed by atoms with van der Waals surface area (Å²) in [6.07, 6.45) is 1.48. The van der Waals surface area contributed by atoms with Gasteiger partial charge >= 0.3 is 0 Å². The van der Waals surface area contributed by atoms with E-state index in [4.69, 9.17) is 4.74 Å². The average Bonchev–Trinajstić information content (AvgIpc) is 2.43. The van der Waals surface area contributed by atoms with Crippen molar-refractivity contribution in [2.24, 2.45) is 11.3 Å². The van der Waals surface area contributed by atoms with Crippen LogP contribution >= 0.6 is 11.8 Å². The van der Waals surface area contributed by atoms with Crippen molar-refractivity contribution in [2.45, 2.75) is 58.1 Å². The van der Waals surface area contributed by atoms with Gasteiger partial charge in [0.2, 0.25) is 0 Å². The standard InChI is InChI=1S/C18H29NOS/c1-6-21-15-10-8-7-9-14(15)19-16-11-17(18(16,4)5)20-12-13(2)3/h7-10,13,16-17,19H,6,11-12H2,1-5H3. The molecule has 0 saturated heterocycles. The van der Waals surface area contributed by atoms with Gasteiger partial charge in [0.05, 0.1) is 6.10 Å². The topological polar surface area (TPSA) is 21.3 Å². The first-order valence-corrected chi connectivity index (χ1v) is 9.03. The highest BCUT2D eigenvalue weighted by Crippen LogP contribution is 2.45. The lowest BCUT2D eigenvalue weighted by Gasteiger charge is -2.52. The predicted octanol–water partition coefficient (Wildman–Crippen LogP) is 5.05. The van der Waals surface area contributed by atoms with Gasteiger partial charge in [-0.15, -0.1) is 11.8 Å². The monoisotopic (exact) mass is 307 g/mol. The third-order valence-corrected chi connectivity index (χ3v) is 5.28. The van der Waals surface area contributed by atoms with E-state index >= 15 is 0 Å². The molecule has 0 aliphatic heterocycles. The quantitative estimate of drug-likeness (QED) is 0.712. The molecule has 21 heavy (non-hydrogen) atoms. The van der Waals surface area contributed by atoms with E-state index in [1.807, 2.05) is 11.8 Å². The number of hydrogen-bond donors (Lipinski definition) is 1. The van der Waals surface area contributed by atoms with Gasteiger partial charge in [-0.1, -0.05) is 46.8 Å². The Morgan fingerprint density at radius 1 is 1.33 bits per heavy atom. The number of benzene rings is 1. The first kappa shape index (κ1) is 16.7. The Morgan fingerprint density at radius 3 is 2.67 bits per heavy atom.